The second-order valence-electron chi connectivity index (χ2n) is 20.0. The second kappa shape index (κ2) is 19.5. The van der Waals surface area contributed by atoms with Crippen molar-refractivity contribution in [1.82, 2.24) is 0 Å². The van der Waals surface area contributed by atoms with E-state index < -0.39 is 41.3 Å². The van der Waals surface area contributed by atoms with E-state index in [2.05, 4.69) is 13.8 Å². The van der Waals surface area contributed by atoms with Crippen molar-refractivity contribution in [1.29, 1.82) is 0 Å². The van der Waals surface area contributed by atoms with Crippen LogP contribution in [-0.2, 0) is 53.1 Å². The van der Waals surface area contributed by atoms with E-state index >= 15 is 0 Å². The molecule has 0 N–H and O–H groups in total. The van der Waals surface area contributed by atoms with Crippen LogP contribution in [0.3, 0.4) is 0 Å². The Labute approximate surface area is 358 Å². The molecule has 0 amide bonds. The molecular formula is C49H72O11. The zero-order chi connectivity index (χ0) is 44.2. The molecule has 0 aromatic heterocycles. The van der Waals surface area contributed by atoms with Gasteiger partial charge in [0.05, 0.1) is 6.42 Å². The fourth-order valence-corrected chi connectivity index (χ4v) is 12.3. The van der Waals surface area contributed by atoms with Crippen molar-refractivity contribution in [3.8, 4) is 5.75 Å². The van der Waals surface area contributed by atoms with E-state index in [9.17, 15) is 28.8 Å². The minimum atomic E-state index is -0.975. The van der Waals surface area contributed by atoms with Crippen molar-refractivity contribution in [3.05, 3.63) is 28.8 Å². The van der Waals surface area contributed by atoms with Gasteiger partial charge in [-0.2, -0.15) is 0 Å². The first-order valence-corrected chi connectivity index (χ1v) is 22.7. The van der Waals surface area contributed by atoms with Gasteiger partial charge >= 0.3 is 29.8 Å². The van der Waals surface area contributed by atoms with Crippen LogP contribution in [0.2, 0.25) is 0 Å². The first-order valence-electron chi connectivity index (χ1n) is 22.7. The van der Waals surface area contributed by atoms with Gasteiger partial charge in [0.25, 0.3) is 0 Å². The van der Waals surface area contributed by atoms with Crippen molar-refractivity contribution in [3.63, 3.8) is 0 Å². The molecule has 1 aromatic carbocycles. The molecule has 0 saturated heterocycles. The van der Waals surface area contributed by atoms with Gasteiger partial charge in [0, 0.05) is 42.6 Å². The Morgan fingerprint density at radius 3 is 2.02 bits per heavy atom. The molecule has 4 saturated carbocycles. The van der Waals surface area contributed by atoms with Crippen LogP contribution in [0.1, 0.15) is 162 Å². The maximum Gasteiger partial charge on any atom is 0.311 e. The van der Waals surface area contributed by atoms with E-state index in [-0.39, 0.29) is 74.1 Å². The average molecular weight is 837 g/mol. The van der Waals surface area contributed by atoms with Crippen LogP contribution in [-0.4, -0.2) is 61.1 Å². The lowest BCUT2D eigenvalue weighted by atomic mass is 9.44. The number of benzene rings is 1. The quantitative estimate of drug-likeness (QED) is 0.0840. The first kappa shape index (κ1) is 47.3. The van der Waals surface area contributed by atoms with E-state index in [0.717, 1.165) is 55.2 Å². The van der Waals surface area contributed by atoms with Crippen molar-refractivity contribution >= 4 is 35.6 Å². The summed E-state index contributed by atoms with van der Waals surface area (Å²) in [5.74, 6) is 0.647. The molecule has 60 heavy (non-hydrogen) atoms. The van der Waals surface area contributed by atoms with Gasteiger partial charge in [-0.1, -0.05) is 54.5 Å². The molecule has 9 atom stereocenters. The number of hydrogen-bond acceptors (Lipinski definition) is 11. The van der Waals surface area contributed by atoms with Crippen LogP contribution < -0.4 is 4.74 Å². The summed E-state index contributed by atoms with van der Waals surface area (Å²) in [5.41, 5.74) is 2.22. The Kier molecular flexibility index (Phi) is 15.4. The lowest BCUT2D eigenvalue weighted by Gasteiger charge is -2.61. The lowest BCUT2D eigenvalue weighted by Crippen LogP contribution is -2.54. The molecule has 0 spiro atoms. The van der Waals surface area contributed by atoms with Crippen LogP contribution >= 0.6 is 0 Å². The van der Waals surface area contributed by atoms with Gasteiger partial charge in [0.2, 0.25) is 0 Å². The SMILES string of the molecule is CCC(=O)OCC(COC(=O)CC)OC(=O)CC(C)CC(=O)Oc1cc(C)cc(C)c1C(C)(C)CC(=O)OC1CC[C@@]2(C)[C@@H](CC[C@@H]3[C@@H]2CC[C@]2(C)[C@@H](C(C)=O)CC[C@@H]32)C1. The molecule has 334 valence electrons. The Morgan fingerprint density at radius 1 is 0.767 bits per heavy atom. The number of hydrogen-bond donors (Lipinski definition) is 0. The minimum Gasteiger partial charge on any atom is -0.462 e. The summed E-state index contributed by atoms with van der Waals surface area (Å²) >= 11 is 0. The molecule has 0 heterocycles. The Balaban J connectivity index is 1.16. The highest BCUT2D eigenvalue weighted by atomic mass is 16.6. The molecule has 11 heteroatoms. The van der Waals surface area contributed by atoms with Gasteiger partial charge in [-0.3, -0.25) is 28.8 Å². The largest absolute Gasteiger partial charge is 0.462 e. The van der Waals surface area contributed by atoms with Crippen LogP contribution in [0, 0.1) is 60.2 Å². The van der Waals surface area contributed by atoms with Crippen molar-refractivity contribution in [2.45, 2.75) is 177 Å². The third-order valence-corrected chi connectivity index (χ3v) is 15.1. The van der Waals surface area contributed by atoms with Crippen molar-refractivity contribution in [2.75, 3.05) is 13.2 Å². The van der Waals surface area contributed by atoms with Gasteiger partial charge < -0.3 is 23.7 Å². The number of Topliss-reactive ketones (excluding diaryl/α,β-unsaturated/α-hetero) is 1. The standard InChI is InChI=1S/C49H72O11/c1-11-41(51)56-27-35(28-57-42(52)12-2)59-43(53)23-30(4)24-44(54)60-40-22-29(3)21-31(5)46(40)47(7,8)26-45(55)58-34-17-19-48(9)33(25-34)13-14-36-38-16-15-37(32(6)50)49(38,10)20-18-39(36)48/h21-22,30,33-39H,11-20,23-28H2,1-10H3/t30?,33-,34?,36-,37+,38-,39-,48-,49+/m0/s1. The van der Waals surface area contributed by atoms with Gasteiger partial charge in [-0.15, -0.1) is 0 Å². The first-order chi connectivity index (χ1) is 28.2. The topological polar surface area (TPSA) is 149 Å². The number of rotatable bonds is 17. The summed E-state index contributed by atoms with van der Waals surface area (Å²) in [5, 5.41) is 0. The molecule has 4 aliphatic carbocycles. The van der Waals surface area contributed by atoms with Crippen molar-refractivity contribution < 1.29 is 52.5 Å². The monoisotopic (exact) mass is 837 g/mol. The van der Waals surface area contributed by atoms with Gasteiger partial charge in [0.1, 0.15) is 30.9 Å². The number of carbonyl (C=O) groups excluding carboxylic acids is 6. The van der Waals surface area contributed by atoms with Crippen molar-refractivity contribution in [2.24, 2.45) is 46.3 Å². The predicted molar refractivity (Wildman–Crippen MR) is 226 cm³/mol. The van der Waals surface area contributed by atoms with E-state index in [1.165, 1.54) is 19.3 Å². The molecule has 1 aromatic rings. The highest BCUT2D eigenvalue weighted by Gasteiger charge is 2.61. The average Bonchev–Trinajstić information content (AvgIpc) is 3.52. The van der Waals surface area contributed by atoms with E-state index in [4.69, 9.17) is 23.7 Å². The summed E-state index contributed by atoms with van der Waals surface area (Å²) in [6.07, 6.45) is 8.83. The van der Waals surface area contributed by atoms with Crippen LogP contribution in [0.25, 0.3) is 0 Å². The minimum absolute atomic E-state index is 0.0768. The van der Waals surface area contributed by atoms with E-state index in [0.29, 0.717) is 35.2 Å². The van der Waals surface area contributed by atoms with Crippen LogP contribution in [0.5, 0.6) is 5.75 Å². The fourth-order valence-electron chi connectivity index (χ4n) is 12.3. The second-order valence-corrected chi connectivity index (χ2v) is 20.0. The Bertz CT molecular complexity index is 1740. The molecule has 4 fully saturated rings. The molecular weight excluding hydrogens is 765 g/mol. The van der Waals surface area contributed by atoms with Gasteiger partial charge in [-0.25, -0.2) is 0 Å². The van der Waals surface area contributed by atoms with Gasteiger partial charge in [0.15, 0.2) is 6.10 Å². The van der Waals surface area contributed by atoms with Crippen LogP contribution in [0.4, 0.5) is 0 Å². The molecule has 0 aliphatic heterocycles. The summed E-state index contributed by atoms with van der Waals surface area (Å²) in [6.45, 7) is 19.0. The molecule has 2 unspecified atom stereocenters. The summed E-state index contributed by atoms with van der Waals surface area (Å²) in [6, 6.07) is 3.83. The Hall–Kier alpha value is -3.76. The summed E-state index contributed by atoms with van der Waals surface area (Å²) in [4.78, 5) is 76.0. The number of esters is 5. The highest BCUT2D eigenvalue weighted by molar-refractivity contribution is 5.79. The zero-order valence-electron chi connectivity index (χ0n) is 38.1. The lowest BCUT2D eigenvalue weighted by molar-refractivity contribution is -0.167. The summed E-state index contributed by atoms with van der Waals surface area (Å²) in [7, 11) is 0. The third kappa shape index (κ3) is 10.8. The van der Waals surface area contributed by atoms with E-state index in [1.807, 2.05) is 39.8 Å². The normalized spacial score (nSPS) is 29.0. The molecule has 0 bridgehead atoms. The molecule has 4 aliphatic rings. The fraction of sp³-hybridized carbons (Fsp3) is 0.755. The number of carbonyl (C=O) groups is 6. The van der Waals surface area contributed by atoms with Gasteiger partial charge in [-0.05, 0) is 136 Å². The molecule has 5 rings (SSSR count). The number of fused-ring (bicyclic) bond motifs is 5. The van der Waals surface area contributed by atoms with E-state index in [1.54, 1.807) is 27.7 Å². The third-order valence-electron chi connectivity index (χ3n) is 15.1. The maximum atomic E-state index is 13.8. The Morgan fingerprint density at radius 2 is 1.38 bits per heavy atom. The van der Waals surface area contributed by atoms with Crippen LogP contribution in [0.15, 0.2) is 12.1 Å². The predicted octanol–water partition coefficient (Wildman–Crippen LogP) is 9.27. The molecule has 11 nitrogen and oxygen atoms in total. The summed E-state index contributed by atoms with van der Waals surface area (Å²) < 4.78 is 28.0. The maximum absolute atomic E-state index is 13.8. The smallest absolute Gasteiger partial charge is 0.311 e. The highest BCUT2D eigenvalue weighted by Crippen LogP contribution is 2.67. The number of ether oxygens (including phenoxy) is 5. The zero-order valence-corrected chi connectivity index (χ0v) is 38.1. The number of aryl methyl sites for hydroxylation is 2. The molecule has 0 radical (unpaired) electrons. The number of ketones is 1.